The number of hydrogen-bond acceptors (Lipinski definition) is 2. The van der Waals surface area contributed by atoms with Gasteiger partial charge in [0, 0.05) is 22.6 Å². The van der Waals surface area contributed by atoms with Gasteiger partial charge in [0.15, 0.2) is 0 Å². The second-order valence-electron chi connectivity index (χ2n) is 4.31. The first-order valence-electron chi connectivity index (χ1n) is 5.32. The van der Waals surface area contributed by atoms with Crippen LogP contribution in [0.25, 0.3) is 10.9 Å². The Morgan fingerprint density at radius 2 is 2.27 bits per heavy atom. The maximum Gasteiger partial charge on any atom is 0.116 e. The van der Waals surface area contributed by atoms with E-state index >= 15 is 0 Å². The van der Waals surface area contributed by atoms with E-state index in [1.165, 1.54) is 11.3 Å². The fourth-order valence-electron chi connectivity index (χ4n) is 2.43. The molecule has 0 spiro atoms. The van der Waals surface area contributed by atoms with E-state index in [0.29, 0.717) is 5.75 Å². The lowest BCUT2D eigenvalue weighted by molar-refractivity contribution is 0.476. The Morgan fingerprint density at radius 3 is 3.13 bits per heavy atom. The number of aromatic amines is 1. The monoisotopic (exact) mass is 202 g/mol. The molecule has 3 heteroatoms. The number of aromatic hydroxyl groups is 1. The van der Waals surface area contributed by atoms with Gasteiger partial charge in [-0.05, 0) is 43.0 Å². The van der Waals surface area contributed by atoms with Gasteiger partial charge in [-0.25, -0.2) is 0 Å². The molecule has 2 aromatic rings. The molecular weight excluding hydrogens is 188 g/mol. The van der Waals surface area contributed by atoms with Crippen molar-refractivity contribution in [2.45, 2.75) is 25.3 Å². The largest absolute Gasteiger partial charge is 0.508 e. The van der Waals surface area contributed by atoms with Crippen LogP contribution in [0.3, 0.4) is 0 Å². The van der Waals surface area contributed by atoms with E-state index in [2.05, 4.69) is 4.98 Å². The lowest BCUT2D eigenvalue weighted by Crippen LogP contribution is -2.27. The quantitative estimate of drug-likeness (QED) is 0.608. The Labute approximate surface area is 87.9 Å². The van der Waals surface area contributed by atoms with Crippen LogP contribution in [-0.2, 0) is 12.8 Å². The van der Waals surface area contributed by atoms with Crippen molar-refractivity contribution >= 4 is 10.9 Å². The molecule has 3 rings (SSSR count). The minimum atomic E-state index is 0.263. The molecule has 1 atom stereocenters. The van der Waals surface area contributed by atoms with E-state index < -0.39 is 0 Å². The van der Waals surface area contributed by atoms with Gasteiger partial charge in [0.1, 0.15) is 5.75 Å². The lowest BCUT2D eigenvalue weighted by Gasteiger charge is -2.18. The van der Waals surface area contributed by atoms with Crippen LogP contribution in [0.2, 0.25) is 0 Å². The maximum absolute atomic E-state index is 9.47. The summed E-state index contributed by atoms with van der Waals surface area (Å²) in [5.41, 5.74) is 9.65. The third kappa shape index (κ3) is 1.31. The summed E-state index contributed by atoms with van der Waals surface area (Å²) >= 11 is 0. The highest BCUT2D eigenvalue weighted by atomic mass is 16.3. The molecule has 1 aromatic heterocycles. The summed E-state index contributed by atoms with van der Waals surface area (Å²) in [6.45, 7) is 0. The average molecular weight is 202 g/mol. The van der Waals surface area contributed by atoms with E-state index in [1.54, 1.807) is 6.07 Å². The molecule has 78 valence electrons. The van der Waals surface area contributed by atoms with Crippen LogP contribution in [0.15, 0.2) is 18.2 Å². The van der Waals surface area contributed by atoms with Gasteiger partial charge in [0.25, 0.3) is 0 Å². The van der Waals surface area contributed by atoms with Gasteiger partial charge >= 0.3 is 0 Å². The van der Waals surface area contributed by atoms with Crippen molar-refractivity contribution in [3.05, 3.63) is 29.5 Å². The molecular formula is C12H14N2O. The Balaban J connectivity index is 2.25. The van der Waals surface area contributed by atoms with Gasteiger partial charge in [0.05, 0.1) is 0 Å². The van der Waals surface area contributed by atoms with Crippen LogP contribution in [0.5, 0.6) is 5.75 Å². The molecule has 15 heavy (non-hydrogen) atoms. The normalized spacial score (nSPS) is 20.5. The molecule has 0 bridgehead atoms. The Kier molecular flexibility index (Phi) is 1.76. The predicted octanol–water partition coefficient (Wildman–Crippen LogP) is 1.69. The SMILES string of the molecule is NC1CCc2[nH]c3ccc(O)cc3c2C1. The molecule has 3 nitrogen and oxygen atoms in total. The number of rotatable bonds is 0. The summed E-state index contributed by atoms with van der Waals surface area (Å²) < 4.78 is 0. The molecule has 0 fully saturated rings. The van der Waals surface area contributed by atoms with Crippen LogP contribution in [0.1, 0.15) is 17.7 Å². The van der Waals surface area contributed by atoms with Gasteiger partial charge in [-0.1, -0.05) is 0 Å². The Hall–Kier alpha value is -1.48. The smallest absolute Gasteiger partial charge is 0.116 e. The molecule has 1 unspecified atom stereocenters. The summed E-state index contributed by atoms with van der Waals surface area (Å²) in [6, 6.07) is 5.72. The van der Waals surface area contributed by atoms with E-state index in [9.17, 15) is 5.11 Å². The first-order valence-corrected chi connectivity index (χ1v) is 5.32. The van der Waals surface area contributed by atoms with E-state index in [-0.39, 0.29) is 6.04 Å². The highest BCUT2D eigenvalue weighted by Crippen LogP contribution is 2.30. The number of fused-ring (bicyclic) bond motifs is 3. The number of hydrogen-bond donors (Lipinski definition) is 3. The molecule has 1 heterocycles. The number of nitrogens with one attached hydrogen (secondary N) is 1. The van der Waals surface area contributed by atoms with Crippen molar-refractivity contribution in [1.29, 1.82) is 0 Å². The summed E-state index contributed by atoms with van der Waals surface area (Å²) in [6.07, 6.45) is 2.98. The van der Waals surface area contributed by atoms with Gasteiger partial charge in [-0.2, -0.15) is 0 Å². The first-order chi connectivity index (χ1) is 7.24. The van der Waals surface area contributed by atoms with Crippen molar-refractivity contribution in [3.8, 4) is 5.75 Å². The molecule has 0 saturated carbocycles. The summed E-state index contributed by atoms with van der Waals surface area (Å²) in [7, 11) is 0. The van der Waals surface area contributed by atoms with E-state index in [0.717, 1.165) is 30.2 Å². The zero-order chi connectivity index (χ0) is 10.4. The molecule has 1 aromatic carbocycles. The number of phenolic OH excluding ortho intramolecular Hbond substituents is 1. The second kappa shape index (κ2) is 3.00. The third-order valence-corrected chi connectivity index (χ3v) is 3.21. The van der Waals surface area contributed by atoms with Crippen molar-refractivity contribution < 1.29 is 5.11 Å². The van der Waals surface area contributed by atoms with Gasteiger partial charge in [-0.15, -0.1) is 0 Å². The lowest BCUT2D eigenvalue weighted by atomic mass is 9.92. The summed E-state index contributed by atoms with van der Waals surface area (Å²) in [5.74, 6) is 0.323. The Morgan fingerprint density at radius 1 is 1.40 bits per heavy atom. The zero-order valence-electron chi connectivity index (χ0n) is 8.46. The minimum absolute atomic E-state index is 0.263. The standard InChI is InChI=1S/C12H14N2O/c13-7-1-3-11-9(5-7)10-6-8(15)2-4-12(10)14-11/h2,4,6-7,14-15H,1,3,5,13H2. The van der Waals surface area contributed by atoms with Crippen molar-refractivity contribution in [2.24, 2.45) is 5.73 Å². The van der Waals surface area contributed by atoms with Crippen LogP contribution in [0.4, 0.5) is 0 Å². The molecule has 0 saturated heterocycles. The third-order valence-electron chi connectivity index (χ3n) is 3.21. The molecule has 4 N–H and O–H groups in total. The summed E-state index contributed by atoms with van der Waals surface area (Å²) in [5, 5.41) is 10.6. The average Bonchev–Trinajstić information content (AvgIpc) is 2.56. The highest BCUT2D eigenvalue weighted by molar-refractivity contribution is 5.86. The van der Waals surface area contributed by atoms with Crippen LogP contribution in [-0.4, -0.2) is 16.1 Å². The fourth-order valence-corrected chi connectivity index (χ4v) is 2.43. The minimum Gasteiger partial charge on any atom is -0.508 e. The topological polar surface area (TPSA) is 62.0 Å². The Bertz CT molecular complexity index is 516. The van der Waals surface area contributed by atoms with Crippen LogP contribution in [0, 0.1) is 0 Å². The van der Waals surface area contributed by atoms with Gasteiger partial charge < -0.3 is 15.8 Å². The van der Waals surface area contributed by atoms with Gasteiger partial charge in [0.2, 0.25) is 0 Å². The second-order valence-corrected chi connectivity index (χ2v) is 4.31. The number of aromatic nitrogens is 1. The van der Waals surface area contributed by atoms with E-state index in [1.807, 2.05) is 12.1 Å². The molecule has 0 amide bonds. The van der Waals surface area contributed by atoms with Crippen molar-refractivity contribution in [2.75, 3.05) is 0 Å². The molecule has 0 aliphatic heterocycles. The van der Waals surface area contributed by atoms with E-state index in [4.69, 9.17) is 5.73 Å². The molecule has 0 radical (unpaired) electrons. The zero-order valence-corrected chi connectivity index (χ0v) is 8.46. The first kappa shape index (κ1) is 8.80. The number of nitrogens with two attached hydrogens (primary N) is 1. The van der Waals surface area contributed by atoms with Gasteiger partial charge in [-0.3, -0.25) is 0 Å². The summed E-state index contributed by atoms with van der Waals surface area (Å²) in [4.78, 5) is 3.40. The van der Waals surface area contributed by atoms with Crippen molar-refractivity contribution in [3.63, 3.8) is 0 Å². The maximum atomic E-state index is 9.47. The predicted molar refractivity (Wildman–Crippen MR) is 60.0 cm³/mol. The number of phenols is 1. The number of benzene rings is 1. The van der Waals surface area contributed by atoms with Crippen LogP contribution >= 0.6 is 0 Å². The molecule has 1 aliphatic carbocycles. The highest BCUT2D eigenvalue weighted by Gasteiger charge is 2.19. The number of H-pyrrole nitrogens is 1. The van der Waals surface area contributed by atoms with Crippen LogP contribution < -0.4 is 5.73 Å². The molecule has 1 aliphatic rings. The van der Waals surface area contributed by atoms with Crippen molar-refractivity contribution in [1.82, 2.24) is 4.98 Å². The fraction of sp³-hybridized carbons (Fsp3) is 0.333. The number of aryl methyl sites for hydroxylation is 1.